The van der Waals surface area contributed by atoms with Crippen LogP contribution in [-0.4, -0.2) is 82.7 Å². The Morgan fingerprint density at radius 2 is 1.73 bits per heavy atom. The van der Waals surface area contributed by atoms with E-state index in [2.05, 4.69) is 69.4 Å². The molecule has 3 aromatic heterocycles. The minimum absolute atomic E-state index is 0.0832. The molecule has 9 nitrogen and oxygen atoms in total. The molecule has 0 aliphatic carbocycles. The van der Waals surface area contributed by atoms with Gasteiger partial charge in [0.1, 0.15) is 5.65 Å². The lowest BCUT2D eigenvalue weighted by molar-refractivity contribution is 0.313. The van der Waals surface area contributed by atoms with E-state index in [4.69, 9.17) is 9.97 Å². The van der Waals surface area contributed by atoms with Crippen molar-refractivity contribution in [1.29, 1.82) is 0 Å². The van der Waals surface area contributed by atoms with Crippen LogP contribution in [0.3, 0.4) is 0 Å². The smallest absolute Gasteiger partial charge is 0.261 e. The molecule has 2 aliphatic rings. The fraction of sp³-hybridized carbons (Fsp3) is 0.419. The second kappa shape index (κ2) is 11.0. The Morgan fingerprint density at radius 1 is 0.950 bits per heavy atom. The molecule has 2 saturated heterocycles. The number of likely N-dealkylation sites (N-methyl/N-ethyl adjacent to an activating group) is 2. The number of likely N-dealkylation sites (tertiary alicyclic amines) is 1. The molecule has 2 aliphatic heterocycles. The van der Waals surface area contributed by atoms with Crippen molar-refractivity contribution in [2.24, 2.45) is 0 Å². The molecule has 0 spiro atoms. The molecule has 6 rings (SSSR count). The maximum absolute atomic E-state index is 13.7. The van der Waals surface area contributed by atoms with Gasteiger partial charge in [-0.1, -0.05) is 6.07 Å². The summed E-state index contributed by atoms with van der Waals surface area (Å²) in [5.41, 5.74) is 6.25. The predicted octanol–water partition coefficient (Wildman–Crippen LogP) is 4.10. The fourth-order valence-electron chi connectivity index (χ4n) is 5.94. The number of pyridine rings is 2. The van der Waals surface area contributed by atoms with Gasteiger partial charge in [0.05, 0.1) is 11.3 Å². The summed E-state index contributed by atoms with van der Waals surface area (Å²) in [5.74, 6) is 0.964. The van der Waals surface area contributed by atoms with Gasteiger partial charge in [-0.3, -0.25) is 14.3 Å². The van der Waals surface area contributed by atoms with E-state index in [1.54, 1.807) is 10.8 Å². The number of fused-ring (bicyclic) bond motifs is 1. The first-order chi connectivity index (χ1) is 19.4. The SMILES string of the molecule is CCn1c(=O)c(-c2ncc(C3CCN(C)C3)cc2C)cc2cnc(Nc3ccc(N4CCN(C)CC4)cc3)nc21. The monoisotopic (exact) mass is 538 g/mol. The van der Waals surface area contributed by atoms with E-state index < -0.39 is 0 Å². The normalized spacial score (nSPS) is 18.5. The molecule has 1 aromatic carbocycles. The molecule has 4 aromatic rings. The Kier molecular flexibility index (Phi) is 7.25. The number of aromatic nitrogens is 4. The maximum atomic E-state index is 13.7. The van der Waals surface area contributed by atoms with E-state index in [9.17, 15) is 4.79 Å². The molecule has 0 bridgehead atoms. The van der Waals surface area contributed by atoms with Crippen LogP contribution < -0.4 is 15.8 Å². The second-order valence-electron chi connectivity index (χ2n) is 11.2. The zero-order valence-electron chi connectivity index (χ0n) is 23.9. The summed E-state index contributed by atoms with van der Waals surface area (Å²) in [5, 5.41) is 4.13. The first-order valence-electron chi connectivity index (χ1n) is 14.3. The van der Waals surface area contributed by atoms with Crippen LogP contribution in [0.25, 0.3) is 22.3 Å². The molecular weight excluding hydrogens is 500 g/mol. The first-order valence-corrected chi connectivity index (χ1v) is 14.3. The largest absolute Gasteiger partial charge is 0.369 e. The number of aryl methyl sites for hydroxylation is 2. The van der Waals surface area contributed by atoms with Gasteiger partial charge in [-0.25, -0.2) is 4.98 Å². The summed E-state index contributed by atoms with van der Waals surface area (Å²) in [6.07, 6.45) is 4.88. The van der Waals surface area contributed by atoms with Gasteiger partial charge >= 0.3 is 0 Å². The first kappa shape index (κ1) is 26.4. The summed E-state index contributed by atoms with van der Waals surface area (Å²) < 4.78 is 1.72. The predicted molar refractivity (Wildman–Crippen MR) is 162 cm³/mol. The van der Waals surface area contributed by atoms with E-state index in [0.717, 1.165) is 68.0 Å². The van der Waals surface area contributed by atoms with Crippen molar-refractivity contribution in [3.05, 3.63) is 70.3 Å². The second-order valence-corrected chi connectivity index (χ2v) is 11.2. The van der Waals surface area contributed by atoms with Crippen LogP contribution in [0.15, 0.2) is 53.6 Å². The van der Waals surface area contributed by atoms with Crippen LogP contribution in [0.2, 0.25) is 0 Å². The van der Waals surface area contributed by atoms with Crippen molar-refractivity contribution in [2.45, 2.75) is 32.7 Å². The third-order valence-corrected chi connectivity index (χ3v) is 8.35. The van der Waals surface area contributed by atoms with Gasteiger partial charge in [-0.2, -0.15) is 4.98 Å². The Balaban J connectivity index is 1.26. The van der Waals surface area contributed by atoms with Crippen molar-refractivity contribution in [1.82, 2.24) is 29.3 Å². The third-order valence-electron chi connectivity index (χ3n) is 8.35. The summed E-state index contributed by atoms with van der Waals surface area (Å²) in [4.78, 5) is 34.9. The van der Waals surface area contributed by atoms with Gasteiger partial charge < -0.3 is 20.0 Å². The molecule has 0 saturated carbocycles. The highest BCUT2D eigenvalue weighted by atomic mass is 16.1. The van der Waals surface area contributed by atoms with Gasteiger partial charge in [-0.15, -0.1) is 0 Å². The Morgan fingerprint density at radius 3 is 2.40 bits per heavy atom. The van der Waals surface area contributed by atoms with Crippen LogP contribution in [-0.2, 0) is 6.54 Å². The van der Waals surface area contributed by atoms with Gasteiger partial charge in [0.25, 0.3) is 5.56 Å². The topological polar surface area (TPSA) is 82.4 Å². The van der Waals surface area contributed by atoms with Crippen LogP contribution in [0, 0.1) is 6.92 Å². The van der Waals surface area contributed by atoms with E-state index in [1.807, 2.05) is 26.1 Å². The number of nitrogens with one attached hydrogen (secondary N) is 1. The minimum atomic E-state index is -0.0832. The lowest BCUT2D eigenvalue weighted by Gasteiger charge is -2.34. The van der Waals surface area contributed by atoms with Crippen LogP contribution in [0.5, 0.6) is 0 Å². The quantitative estimate of drug-likeness (QED) is 0.393. The Labute approximate surface area is 235 Å². The summed E-state index contributed by atoms with van der Waals surface area (Å²) >= 11 is 0. The average molecular weight is 539 g/mol. The van der Waals surface area contributed by atoms with Crippen LogP contribution in [0.1, 0.15) is 30.4 Å². The number of hydrogen-bond donors (Lipinski definition) is 1. The van der Waals surface area contributed by atoms with Crippen molar-refractivity contribution < 1.29 is 0 Å². The van der Waals surface area contributed by atoms with E-state index in [1.165, 1.54) is 11.3 Å². The molecule has 1 unspecified atom stereocenters. The van der Waals surface area contributed by atoms with Crippen molar-refractivity contribution in [3.63, 3.8) is 0 Å². The van der Waals surface area contributed by atoms with Gasteiger partial charge in [0.15, 0.2) is 0 Å². The number of rotatable bonds is 6. The number of benzene rings is 1. The molecule has 2 fully saturated rings. The van der Waals surface area contributed by atoms with E-state index in [-0.39, 0.29) is 5.56 Å². The summed E-state index contributed by atoms with van der Waals surface area (Å²) in [6, 6.07) is 12.5. The molecule has 5 heterocycles. The third kappa shape index (κ3) is 5.19. The van der Waals surface area contributed by atoms with Crippen molar-refractivity contribution >= 4 is 28.4 Å². The lowest BCUT2D eigenvalue weighted by Crippen LogP contribution is -2.44. The molecule has 0 amide bonds. The Hall–Kier alpha value is -3.82. The highest BCUT2D eigenvalue weighted by molar-refractivity contribution is 5.81. The number of hydrogen-bond acceptors (Lipinski definition) is 8. The summed E-state index contributed by atoms with van der Waals surface area (Å²) in [7, 11) is 4.32. The average Bonchev–Trinajstić information content (AvgIpc) is 3.40. The number of anilines is 3. The molecule has 208 valence electrons. The molecule has 40 heavy (non-hydrogen) atoms. The zero-order chi connectivity index (χ0) is 27.8. The highest BCUT2D eigenvalue weighted by Gasteiger charge is 2.23. The van der Waals surface area contributed by atoms with Crippen molar-refractivity contribution in [3.8, 4) is 11.3 Å². The number of piperazine rings is 1. The number of nitrogens with zero attached hydrogens (tertiary/aromatic N) is 7. The Bertz CT molecular complexity index is 1570. The standard InChI is InChI=1S/C31H38N8O/c1-5-39-29-24(17-27(30(39)40)28-21(2)16-23(18-32-28)22-10-11-37(4)20-22)19-33-31(35-29)34-25-6-8-26(9-7-25)38-14-12-36(3)13-15-38/h6-9,16-19,22H,5,10-15,20H2,1-4H3,(H,33,34,35). The van der Waals surface area contributed by atoms with Crippen molar-refractivity contribution in [2.75, 3.05) is 63.6 Å². The van der Waals surface area contributed by atoms with Gasteiger partial charge in [-0.05, 0) is 88.3 Å². The van der Waals surface area contributed by atoms with E-state index >= 15 is 0 Å². The highest BCUT2D eigenvalue weighted by Crippen LogP contribution is 2.29. The minimum Gasteiger partial charge on any atom is -0.369 e. The molecule has 9 heteroatoms. The molecule has 1 atom stereocenters. The molecule has 1 N–H and O–H groups in total. The van der Waals surface area contributed by atoms with E-state index in [0.29, 0.717) is 29.6 Å². The molecular formula is C31H38N8O. The lowest BCUT2D eigenvalue weighted by atomic mass is 9.97. The van der Waals surface area contributed by atoms with Crippen LogP contribution in [0.4, 0.5) is 17.3 Å². The summed E-state index contributed by atoms with van der Waals surface area (Å²) in [6.45, 7) is 10.9. The van der Waals surface area contributed by atoms with Gasteiger partial charge in [0, 0.05) is 68.4 Å². The molecule has 0 radical (unpaired) electrons. The fourth-order valence-corrected chi connectivity index (χ4v) is 5.94. The van der Waals surface area contributed by atoms with Gasteiger partial charge in [0.2, 0.25) is 5.95 Å². The van der Waals surface area contributed by atoms with Crippen LogP contribution >= 0.6 is 0 Å². The maximum Gasteiger partial charge on any atom is 0.261 e. The zero-order valence-corrected chi connectivity index (χ0v) is 23.9.